The van der Waals surface area contributed by atoms with Crippen LogP contribution in [0.4, 0.5) is 20.2 Å². The highest BCUT2D eigenvalue weighted by Crippen LogP contribution is 2.27. The third kappa shape index (κ3) is 4.34. The molecule has 8 heteroatoms. The van der Waals surface area contributed by atoms with Crippen molar-refractivity contribution in [1.82, 2.24) is 10.2 Å². The van der Waals surface area contributed by atoms with Gasteiger partial charge in [0.15, 0.2) is 11.6 Å². The Morgan fingerprint density at radius 3 is 2.12 bits per heavy atom. The second kappa shape index (κ2) is 8.58. The van der Waals surface area contributed by atoms with Crippen LogP contribution in [0.15, 0.2) is 65.1 Å². The first kappa shape index (κ1) is 21.2. The summed E-state index contributed by atoms with van der Waals surface area (Å²) in [4.78, 5) is 13.8. The quantitative estimate of drug-likeness (QED) is 0.461. The third-order valence-electron chi connectivity index (χ3n) is 4.81. The van der Waals surface area contributed by atoms with E-state index in [4.69, 9.17) is 4.42 Å². The first-order chi connectivity index (χ1) is 15.3. The lowest BCUT2D eigenvalue weighted by molar-refractivity contribution is 0.102. The van der Waals surface area contributed by atoms with Gasteiger partial charge in [-0.1, -0.05) is 17.7 Å². The second-order valence-corrected chi connectivity index (χ2v) is 7.50. The zero-order valence-corrected chi connectivity index (χ0v) is 17.7. The number of hydrogen-bond acceptors (Lipinski definition) is 5. The number of aryl methyl sites for hydroxylation is 1. The summed E-state index contributed by atoms with van der Waals surface area (Å²) in [5.41, 5.74) is 2.70. The SMILES string of the molecule is Cc1cccc(-c2nnc(-c3ccc(C(=O)Nc4cc(F)c(N(C)C)c(F)c4)cc3)o2)c1. The Balaban J connectivity index is 1.50. The molecule has 0 aliphatic carbocycles. The number of aromatic nitrogens is 2. The van der Waals surface area contributed by atoms with Crippen molar-refractivity contribution >= 4 is 17.3 Å². The summed E-state index contributed by atoms with van der Waals surface area (Å²) in [6.07, 6.45) is 0. The van der Waals surface area contributed by atoms with Crippen molar-refractivity contribution < 1.29 is 18.0 Å². The number of halogens is 2. The summed E-state index contributed by atoms with van der Waals surface area (Å²) in [6, 6.07) is 16.3. The molecular weight excluding hydrogens is 414 g/mol. The van der Waals surface area contributed by atoms with Crippen LogP contribution in [-0.2, 0) is 0 Å². The number of amides is 1. The number of nitrogens with one attached hydrogen (secondary N) is 1. The Bertz CT molecular complexity index is 1260. The van der Waals surface area contributed by atoms with Crippen LogP contribution in [0.5, 0.6) is 0 Å². The molecule has 0 aliphatic rings. The standard InChI is InChI=1S/C24H20F2N4O2/c1-14-5-4-6-17(11-14)24-29-28-23(32-24)16-9-7-15(8-10-16)22(31)27-18-12-19(25)21(30(2)3)20(26)13-18/h4-13H,1-3H3,(H,27,31). The highest BCUT2D eigenvalue weighted by atomic mass is 19.1. The first-order valence-electron chi connectivity index (χ1n) is 9.80. The van der Waals surface area contributed by atoms with Gasteiger partial charge in [-0.15, -0.1) is 10.2 Å². The average molecular weight is 434 g/mol. The van der Waals surface area contributed by atoms with E-state index in [-0.39, 0.29) is 11.4 Å². The fourth-order valence-electron chi connectivity index (χ4n) is 3.27. The summed E-state index contributed by atoms with van der Waals surface area (Å²) in [5.74, 6) is -1.31. The van der Waals surface area contributed by atoms with Crippen molar-refractivity contribution in [2.45, 2.75) is 6.92 Å². The van der Waals surface area contributed by atoms with Crippen molar-refractivity contribution in [3.05, 3.63) is 83.4 Å². The van der Waals surface area contributed by atoms with Gasteiger partial charge >= 0.3 is 0 Å². The van der Waals surface area contributed by atoms with Gasteiger partial charge in [-0.2, -0.15) is 0 Å². The van der Waals surface area contributed by atoms with E-state index in [1.807, 2.05) is 31.2 Å². The fourth-order valence-corrected chi connectivity index (χ4v) is 3.27. The number of nitrogens with zero attached hydrogens (tertiary/aromatic N) is 3. The molecule has 1 aromatic heterocycles. The molecule has 4 rings (SSSR count). The van der Waals surface area contributed by atoms with E-state index in [2.05, 4.69) is 15.5 Å². The summed E-state index contributed by atoms with van der Waals surface area (Å²) in [7, 11) is 3.07. The Hall–Kier alpha value is -4.07. The molecular formula is C24H20F2N4O2. The van der Waals surface area contributed by atoms with E-state index in [1.54, 1.807) is 24.3 Å². The number of carbonyl (C=O) groups excluding carboxylic acids is 1. The van der Waals surface area contributed by atoms with Crippen LogP contribution in [0.1, 0.15) is 15.9 Å². The minimum Gasteiger partial charge on any atom is -0.416 e. The van der Waals surface area contributed by atoms with Gasteiger partial charge in [0.2, 0.25) is 11.8 Å². The van der Waals surface area contributed by atoms with Gasteiger partial charge in [-0.25, -0.2) is 8.78 Å². The third-order valence-corrected chi connectivity index (χ3v) is 4.81. The second-order valence-electron chi connectivity index (χ2n) is 7.50. The molecule has 0 atom stereocenters. The maximum atomic E-state index is 14.1. The predicted octanol–water partition coefficient (Wildman–Crippen LogP) is 5.31. The lowest BCUT2D eigenvalue weighted by Crippen LogP contribution is -2.15. The van der Waals surface area contributed by atoms with Crippen molar-refractivity contribution in [1.29, 1.82) is 0 Å². The number of carbonyl (C=O) groups is 1. The van der Waals surface area contributed by atoms with E-state index in [0.29, 0.717) is 22.9 Å². The Kier molecular flexibility index (Phi) is 5.68. The van der Waals surface area contributed by atoms with E-state index >= 15 is 0 Å². The van der Waals surface area contributed by atoms with Crippen LogP contribution >= 0.6 is 0 Å². The maximum absolute atomic E-state index is 14.1. The summed E-state index contributed by atoms with van der Waals surface area (Å²) in [5, 5.41) is 10.7. The average Bonchev–Trinajstić information content (AvgIpc) is 3.23. The molecule has 0 fully saturated rings. The Labute approximate surface area is 183 Å². The fraction of sp³-hybridized carbons (Fsp3) is 0.125. The normalized spacial score (nSPS) is 10.8. The largest absolute Gasteiger partial charge is 0.416 e. The van der Waals surface area contributed by atoms with Gasteiger partial charge in [0, 0.05) is 36.5 Å². The molecule has 0 unspecified atom stereocenters. The molecule has 0 bridgehead atoms. The van der Waals surface area contributed by atoms with Crippen LogP contribution in [0.3, 0.4) is 0 Å². The van der Waals surface area contributed by atoms with E-state index in [1.165, 1.54) is 19.0 Å². The van der Waals surface area contributed by atoms with Crippen molar-refractivity contribution in [2.75, 3.05) is 24.3 Å². The molecule has 1 heterocycles. The van der Waals surface area contributed by atoms with Crippen LogP contribution < -0.4 is 10.2 Å². The number of benzene rings is 3. The summed E-state index contributed by atoms with van der Waals surface area (Å²) >= 11 is 0. The smallest absolute Gasteiger partial charge is 0.255 e. The van der Waals surface area contributed by atoms with Crippen LogP contribution in [-0.4, -0.2) is 30.2 Å². The van der Waals surface area contributed by atoms with Gasteiger partial charge in [0.05, 0.1) is 0 Å². The molecule has 3 aromatic carbocycles. The molecule has 0 saturated heterocycles. The van der Waals surface area contributed by atoms with Crippen LogP contribution in [0.25, 0.3) is 22.9 Å². The van der Waals surface area contributed by atoms with E-state index in [9.17, 15) is 13.6 Å². The lowest BCUT2D eigenvalue weighted by atomic mass is 10.1. The van der Waals surface area contributed by atoms with E-state index in [0.717, 1.165) is 23.3 Å². The van der Waals surface area contributed by atoms with Gasteiger partial charge in [0.1, 0.15) is 5.69 Å². The molecule has 0 saturated carbocycles. The van der Waals surface area contributed by atoms with Gasteiger partial charge in [-0.05, 0) is 55.5 Å². The van der Waals surface area contributed by atoms with Crippen LogP contribution in [0.2, 0.25) is 0 Å². The molecule has 0 spiro atoms. The zero-order chi connectivity index (χ0) is 22.8. The number of rotatable bonds is 5. The Morgan fingerprint density at radius 2 is 1.53 bits per heavy atom. The molecule has 6 nitrogen and oxygen atoms in total. The number of anilines is 2. The molecule has 4 aromatic rings. The van der Waals surface area contributed by atoms with Crippen LogP contribution in [0, 0.1) is 18.6 Å². The molecule has 1 N–H and O–H groups in total. The molecule has 0 aliphatic heterocycles. The van der Waals surface area contributed by atoms with E-state index < -0.39 is 17.5 Å². The monoisotopic (exact) mass is 434 g/mol. The minimum atomic E-state index is -0.763. The van der Waals surface area contributed by atoms with Crippen molar-refractivity contribution in [3.8, 4) is 22.9 Å². The minimum absolute atomic E-state index is 0.0272. The van der Waals surface area contributed by atoms with Crippen molar-refractivity contribution in [3.63, 3.8) is 0 Å². The Morgan fingerprint density at radius 1 is 0.906 bits per heavy atom. The van der Waals surface area contributed by atoms with Gasteiger partial charge in [0.25, 0.3) is 5.91 Å². The maximum Gasteiger partial charge on any atom is 0.255 e. The molecule has 32 heavy (non-hydrogen) atoms. The zero-order valence-electron chi connectivity index (χ0n) is 17.7. The highest BCUT2D eigenvalue weighted by Gasteiger charge is 2.16. The summed E-state index contributed by atoms with van der Waals surface area (Å²) in [6.45, 7) is 1.98. The number of hydrogen-bond donors (Lipinski definition) is 1. The molecule has 162 valence electrons. The topological polar surface area (TPSA) is 71.3 Å². The summed E-state index contributed by atoms with van der Waals surface area (Å²) < 4.78 is 34.0. The molecule has 1 amide bonds. The molecule has 0 radical (unpaired) electrons. The predicted molar refractivity (Wildman–Crippen MR) is 119 cm³/mol. The van der Waals surface area contributed by atoms with Crippen molar-refractivity contribution in [2.24, 2.45) is 0 Å². The first-order valence-corrected chi connectivity index (χ1v) is 9.80. The van der Waals surface area contributed by atoms with Gasteiger partial charge < -0.3 is 14.6 Å². The lowest BCUT2D eigenvalue weighted by Gasteiger charge is -2.16. The van der Waals surface area contributed by atoms with Gasteiger partial charge in [-0.3, -0.25) is 4.79 Å². The highest BCUT2D eigenvalue weighted by molar-refractivity contribution is 6.04.